The standard InChI is InChI=1S/C22H22F2N6O3/c23-15-2-1-3-16(24)17(15)20-28-18(19(25)31)21(33-20)27-14-6-4-13(5-7-14)12-29-8-10-30(11-9-29)22(26)32/h1-7,27H,8-12H2,(H2,25,31)(H2,26,32). The number of oxazole rings is 1. The van der Waals surface area contributed by atoms with E-state index in [1.807, 2.05) is 12.1 Å². The molecule has 172 valence electrons. The van der Waals surface area contributed by atoms with Crippen LogP contribution in [0, 0.1) is 11.6 Å². The number of hydrogen-bond acceptors (Lipinski definition) is 6. The van der Waals surface area contributed by atoms with Gasteiger partial charge in [-0.1, -0.05) is 18.2 Å². The molecule has 1 aromatic heterocycles. The molecule has 3 aromatic rings. The molecule has 1 aliphatic rings. The van der Waals surface area contributed by atoms with Crippen LogP contribution in [-0.4, -0.2) is 52.9 Å². The Morgan fingerprint density at radius 3 is 2.21 bits per heavy atom. The number of primary amides is 2. The van der Waals surface area contributed by atoms with Gasteiger partial charge in [-0.15, -0.1) is 0 Å². The molecule has 0 radical (unpaired) electrons. The van der Waals surface area contributed by atoms with Crippen molar-refractivity contribution in [3.63, 3.8) is 0 Å². The smallest absolute Gasteiger partial charge is 0.314 e. The van der Waals surface area contributed by atoms with Gasteiger partial charge in [-0.05, 0) is 29.8 Å². The number of benzene rings is 2. The first-order chi connectivity index (χ1) is 15.8. The quantitative estimate of drug-likeness (QED) is 0.523. The van der Waals surface area contributed by atoms with Crippen LogP contribution < -0.4 is 16.8 Å². The minimum atomic E-state index is -0.907. The molecule has 3 amide bonds. The number of nitrogens with zero attached hydrogens (tertiary/aromatic N) is 3. The number of carbonyl (C=O) groups is 2. The normalized spacial score (nSPS) is 14.3. The third-order valence-electron chi connectivity index (χ3n) is 5.34. The van der Waals surface area contributed by atoms with Gasteiger partial charge in [-0.2, -0.15) is 0 Å². The fourth-order valence-electron chi connectivity index (χ4n) is 3.59. The number of aromatic nitrogens is 1. The highest BCUT2D eigenvalue weighted by Gasteiger charge is 2.23. The van der Waals surface area contributed by atoms with E-state index in [1.54, 1.807) is 17.0 Å². The summed E-state index contributed by atoms with van der Waals surface area (Å²) in [7, 11) is 0. The zero-order valence-corrected chi connectivity index (χ0v) is 17.6. The Morgan fingerprint density at radius 2 is 1.64 bits per heavy atom. The molecule has 1 aliphatic heterocycles. The highest BCUT2D eigenvalue weighted by Crippen LogP contribution is 2.31. The Kier molecular flexibility index (Phi) is 6.22. The number of anilines is 2. The van der Waals surface area contributed by atoms with Crippen LogP contribution in [0.1, 0.15) is 16.1 Å². The molecule has 5 N–H and O–H groups in total. The summed E-state index contributed by atoms with van der Waals surface area (Å²) in [6.07, 6.45) is 0. The van der Waals surface area contributed by atoms with Gasteiger partial charge >= 0.3 is 6.03 Å². The number of carbonyl (C=O) groups excluding carboxylic acids is 2. The summed E-state index contributed by atoms with van der Waals surface area (Å²) >= 11 is 0. The minimum Gasteiger partial charge on any atom is -0.419 e. The fraction of sp³-hybridized carbons (Fsp3) is 0.227. The van der Waals surface area contributed by atoms with Crippen molar-refractivity contribution in [3.8, 4) is 11.5 Å². The monoisotopic (exact) mass is 456 g/mol. The Hall–Kier alpha value is -3.99. The number of amides is 3. The maximum atomic E-state index is 14.1. The van der Waals surface area contributed by atoms with Crippen LogP contribution in [0.25, 0.3) is 11.5 Å². The minimum absolute atomic E-state index is 0.115. The number of urea groups is 1. The van der Waals surface area contributed by atoms with Crippen LogP contribution in [0.5, 0.6) is 0 Å². The predicted molar refractivity (Wildman–Crippen MR) is 117 cm³/mol. The van der Waals surface area contributed by atoms with Gasteiger partial charge in [-0.3, -0.25) is 9.69 Å². The lowest BCUT2D eigenvalue weighted by molar-refractivity contribution is 0.0996. The lowest BCUT2D eigenvalue weighted by Crippen LogP contribution is -2.50. The summed E-state index contributed by atoms with van der Waals surface area (Å²) in [4.78, 5) is 30.7. The zero-order chi connectivity index (χ0) is 23.5. The van der Waals surface area contributed by atoms with Gasteiger partial charge in [0.15, 0.2) is 5.69 Å². The topological polar surface area (TPSA) is 131 Å². The fourth-order valence-corrected chi connectivity index (χ4v) is 3.59. The molecule has 1 fully saturated rings. The number of nitrogens with one attached hydrogen (secondary N) is 1. The Morgan fingerprint density at radius 1 is 1.00 bits per heavy atom. The van der Waals surface area contributed by atoms with E-state index in [-0.39, 0.29) is 11.6 Å². The Bertz CT molecular complexity index is 1150. The number of nitrogens with two attached hydrogens (primary N) is 2. The van der Waals surface area contributed by atoms with Gasteiger partial charge in [0.2, 0.25) is 11.8 Å². The average Bonchev–Trinajstić information content (AvgIpc) is 3.19. The van der Waals surface area contributed by atoms with Crippen LogP contribution in [0.2, 0.25) is 0 Å². The van der Waals surface area contributed by atoms with Gasteiger partial charge in [-0.25, -0.2) is 18.6 Å². The van der Waals surface area contributed by atoms with Crippen LogP contribution in [0.15, 0.2) is 46.9 Å². The first-order valence-corrected chi connectivity index (χ1v) is 10.2. The Balaban J connectivity index is 1.47. The number of halogens is 2. The SMILES string of the molecule is NC(=O)c1nc(-c2c(F)cccc2F)oc1Nc1ccc(CN2CCN(C(N)=O)CC2)cc1. The van der Waals surface area contributed by atoms with E-state index in [2.05, 4.69) is 15.2 Å². The second-order valence-electron chi connectivity index (χ2n) is 7.58. The summed E-state index contributed by atoms with van der Waals surface area (Å²) < 4.78 is 33.6. The molecule has 0 spiro atoms. The first-order valence-electron chi connectivity index (χ1n) is 10.2. The zero-order valence-electron chi connectivity index (χ0n) is 17.6. The summed E-state index contributed by atoms with van der Waals surface area (Å²) in [5.74, 6) is -3.17. The summed E-state index contributed by atoms with van der Waals surface area (Å²) in [5, 5.41) is 2.89. The second-order valence-corrected chi connectivity index (χ2v) is 7.58. The van der Waals surface area contributed by atoms with Crippen molar-refractivity contribution in [3.05, 3.63) is 65.4 Å². The van der Waals surface area contributed by atoms with E-state index in [9.17, 15) is 18.4 Å². The molecule has 2 heterocycles. The molecular formula is C22H22F2N6O3. The molecule has 0 bridgehead atoms. The summed E-state index contributed by atoms with van der Waals surface area (Å²) in [5.41, 5.74) is 11.5. The summed E-state index contributed by atoms with van der Waals surface area (Å²) in [6, 6.07) is 10.2. The second kappa shape index (κ2) is 9.25. The van der Waals surface area contributed by atoms with Crippen molar-refractivity contribution in [2.75, 3.05) is 31.5 Å². The molecule has 0 unspecified atom stereocenters. The van der Waals surface area contributed by atoms with E-state index < -0.39 is 35.0 Å². The van der Waals surface area contributed by atoms with E-state index in [4.69, 9.17) is 15.9 Å². The predicted octanol–water partition coefficient (Wildman–Crippen LogP) is 2.66. The largest absolute Gasteiger partial charge is 0.419 e. The van der Waals surface area contributed by atoms with Crippen molar-refractivity contribution >= 4 is 23.5 Å². The maximum absolute atomic E-state index is 14.1. The number of rotatable bonds is 6. The van der Waals surface area contributed by atoms with Crippen LogP contribution >= 0.6 is 0 Å². The van der Waals surface area contributed by atoms with Crippen LogP contribution in [-0.2, 0) is 6.54 Å². The molecule has 11 heteroatoms. The van der Waals surface area contributed by atoms with Gasteiger partial charge in [0, 0.05) is 38.4 Å². The first kappa shape index (κ1) is 22.2. The highest BCUT2D eigenvalue weighted by atomic mass is 19.1. The van der Waals surface area contributed by atoms with Crippen LogP contribution in [0.4, 0.5) is 25.1 Å². The lowest BCUT2D eigenvalue weighted by atomic mass is 10.1. The third-order valence-corrected chi connectivity index (χ3v) is 5.34. The molecule has 33 heavy (non-hydrogen) atoms. The van der Waals surface area contributed by atoms with Crippen molar-refractivity contribution in [2.45, 2.75) is 6.54 Å². The number of piperazine rings is 1. The van der Waals surface area contributed by atoms with Crippen molar-refractivity contribution in [1.82, 2.24) is 14.8 Å². The van der Waals surface area contributed by atoms with Gasteiger partial charge in [0.05, 0.1) is 0 Å². The molecule has 0 atom stereocenters. The molecule has 9 nitrogen and oxygen atoms in total. The van der Waals surface area contributed by atoms with Crippen molar-refractivity contribution in [1.29, 1.82) is 0 Å². The highest BCUT2D eigenvalue weighted by molar-refractivity contribution is 5.96. The lowest BCUT2D eigenvalue weighted by Gasteiger charge is -2.33. The van der Waals surface area contributed by atoms with E-state index >= 15 is 0 Å². The summed E-state index contributed by atoms with van der Waals surface area (Å²) in [6.45, 7) is 3.30. The third kappa shape index (κ3) is 4.93. The van der Waals surface area contributed by atoms with Crippen molar-refractivity contribution in [2.24, 2.45) is 11.5 Å². The van der Waals surface area contributed by atoms with E-state index in [0.717, 1.165) is 30.8 Å². The van der Waals surface area contributed by atoms with Crippen molar-refractivity contribution < 1.29 is 22.8 Å². The molecule has 0 saturated carbocycles. The van der Waals surface area contributed by atoms with Gasteiger partial charge < -0.3 is 26.1 Å². The molecule has 1 saturated heterocycles. The molecule has 0 aliphatic carbocycles. The van der Waals surface area contributed by atoms with Gasteiger partial charge in [0.1, 0.15) is 17.2 Å². The number of hydrogen-bond donors (Lipinski definition) is 3. The average molecular weight is 456 g/mol. The maximum Gasteiger partial charge on any atom is 0.314 e. The van der Waals surface area contributed by atoms with Crippen LogP contribution in [0.3, 0.4) is 0 Å². The van der Waals surface area contributed by atoms with E-state index in [1.165, 1.54) is 6.07 Å². The van der Waals surface area contributed by atoms with E-state index in [0.29, 0.717) is 25.3 Å². The van der Waals surface area contributed by atoms with Gasteiger partial charge in [0.25, 0.3) is 5.91 Å². The molecular weight excluding hydrogens is 434 g/mol. The molecule has 2 aromatic carbocycles. The Labute approximate surface area is 188 Å². The molecule has 4 rings (SSSR count).